The van der Waals surface area contributed by atoms with E-state index in [1.807, 2.05) is 20.3 Å². The first-order chi connectivity index (χ1) is 8.38. The highest BCUT2D eigenvalue weighted by atomic mass is 16.1. The van der Waals surface area contributed by atoms with Crippen LogP contribution in [0.5, 0.6) is 0 Å². The third kappa shape index (κ3) is 4.39. The number of hydrogen-bond donors (Lipinski definition) is 3. The lowest BCUT2D eigenvalue weighted by Gasteiger charge is -2.19. The van der Waals surface area contributed by atoms with Gasteiger partial charge in [-0.3, -0.25) is 9.59 Å². The molecule has 0 heterocycles. The van der Waals surface area contributed by atoms with E-state index in [1.54, 1.807) is 6.92 Å². The minimum atomic E-state index is -0.695. The molecular weight excluding hydrogens is 230 g/mol. The minimum absolute atomic E-state index is 0.00528. The van der Waals surface area contributed by atoms with E-state index in [-0.39, 0.29) is 29.5 Å². The van der Waals surface area contributed by atoms with Gasteiger partial charge in [-0.05, 0) is 19.3 Å². The smallest absolute Gasteiger partial charge is 0.223 e. The topological polar surface area (TPSA) is 108 Å². The van der Waals surface area contributed by atoms with Crippen molar-refractivity contribution < 1.29 is 9.59 Å². The number of hydrogen-bond acceptors (Lipinski definition) is 4. The van der Waals surface area contributed by atoms with Gasteiger partial charge in [-0.25, -0.2) is 0 Å². The van der Waals surface area contributed by atoms with Crippen LogP contribution in [0.1, 0.15) is 40.0 Å². The summed E-state index contributed by atoms with van der Waals surface area (Å²) in [5.74, 6) is -1.87. The number of ketones is 1. The average molecular weight is 252 g/mol. The fourth-order valence-electron chi connectivity index (χ4n) is 1.88. The first kappa shape index (κ1) is 16.5. The summed E-state index contributed by atoms with van der Waals surface area (Å²) >= 11 is 0. The highest BCUT2D eigenvalue weighted by Gasteiger charge is 2.28. The van der Waals surface area contributed by atoms with Gasteiger partial charge in [-0.15, -0.1) is 0 Å². The van der Waals surface area contributed by atoms with Crippen molar-refractivity contribution in [2.45, 2.75) is 40.0 Å². The standard InChI is InChI=1S/C13H22N3O2/c1-4-8(5-2)12(16)13(18)9(6-3)10(14)7-11(15)17/h4,8-9,14,16H,5-7H2,1-3H3,(H2,15,17)/t8-,9+/m0/s1. The van der Waals surface area contributed by atoms with Crippen LogP contribution in [0, 0.1) is 29.1 Å². The molecule has 2 atom stereocenters. The van der Waals surface area contributed by atoms with Gasteiger partial charge in [-0.2, -0.15) is 0 Å². The number of carbonyl (C=O) groups excluding carboxylic acids is 2. The van der Waals surface area contributed by atoms with E-state index in [2.05, 4.69) is 0 Å². The van der Waals surface area contributed by atoms with Crippen LogP contribution >= 0.6 is 0 Å². The summed E-state index contributed by atoms with van der Waals surface area (Å²) in [5.41, 5.74) is 5.04. The number of nitrogens with one attached hydrogen (secondary N) is 2. The van der Waals surface area contributed by atoms with E-state index < -0.39 is 11.8 Å². The van der Waals surface area contributed by atoms with Crippen molar-refractivity contribution in [3.63, 3.8) is 0 Å². The van der Waals surface area contributed by atoms with E-state index in [4.69, 9.17) is 16.6 Å². The van der Waals surface area contributed by atoms with Gasteiger partial charge in [0.05, 0.1) is 18.1 Å². The molecule has 5 heteroatoms. The maximum atomic E-state index is 12.1. The fourth-order valence-corrected chi connectivity index (χ4v) is 1.88. The molecule has 0 aromatic carbocycles. The third-order valence-electron chi connectivity index (χ3n) is 2.99. The molecule has 0 aliphatic rings. The van der Waals surface area contributed by atoms with E-state index in [0.29, 0.717) is 12.8 Å². The number of nitrogens with two attached hydrogens (primary N) is 1. The SMILES string of the molecule is C[CH][C@@H](CC)C(=N)C(=O)[C@H](CC)C(=N)CC(N)=O. The predicted octanol–water partition coefficient (Wildman–Crippen LogP) is 1.75. The summed E-state index contributed by atoms with van der Waals surface area (Å²) in [6.07, 6.45) is 2.68. The Bertz CT molecular complexity index is 346. The van der Waals surface area contributed by atoms with Crippen molar-refractivity contribution in [3.05, 3.63) is 6.42 Å². The zero-order valence-corrected chi connectivity index (χ0v) is 11.2. The minimum Gasteiger partial charge on any atom is -0.369 e. The number of primary amides is 1. The Kier molecular flexibility index (Phi) is 7.08. The van der Waals surface area contributed by atoms with Crippen LogP contribution in [-0.2, 0) is 9.59 Å². The van der Waals surface area contributed by atoms with Gasteiger partial charge < -0.3 is 16.6 Å². The number of carbonyl (C=O) groups is 2. The molecule has 18 heavy (non-hydrogen) atoms. The van der Waals surface area contributed by atoms with Gasteiger partial charge in [0.1, 0.15) is 0 Å². The molecule has 0 bridgehead atoms. The molecule has 0 aliphatic heterocycles. The van der Waals surface area contributed by atoms with Gasteiger partial charge in [0.15, 0.2) is 5.78 Å². The van der Waals surface area contributed by atoms with Crippen LogP contribution in [0.3, 0.4) is 0 Å². The number of amides is 1. The number of rotatable bonds is 9. The predicted molar refractivity (Wildman–Crippen MR) is 71.8 cm³/mol. The lowest BCUT2D eigenvalue weighted by molar-refractivity contribution is -0.116. The second kappa shape index (κ2) is 7.74. The molecule has 101 valence electrons. The van der Waals surface area contributed by atoms with Gasteiger partial charge in [0.25, 0.3) is 0 Å². The van der Waals surface area contributed by atoms with Gasteiger partial charge in [-0.1, -0.05) is 20.8 Å². The van der Waals surface area contributed by atoms with Crippen LogP contribution in [-0.4, -0.2) is 23.1 Å². The highest BCUT2D eigenvalue weighted by molar-refractivity contribution is 6.44. The fraction of sp³-hybridized carbons (Fsp3) is 0.615. The summed E-state index contributed by atoms with van der Waals surface area (Å²) in [6, 6.07) is 0. The Hall–Kier alpha value is -1.52. The van der Waals surface area contributed by atoms with Gasteiger partial charge in [0.2, 0.25) is 5.91 Å². The van der Waals surface area contributed by atoms with Crippen molar-refractivity contribution in [3.8, 4) is 0 Å². The van der Waals surface area contributed by atoms with Crippen LogP contribution in [0.25, 0.3) is 0 Å². The molecule has 0 spiro atoms. The molecule has 1 radical (unpaired) electrons. The number of Topliss-reactive ketones (excluding diaryl/α,β-unsaturated/α-hetero) is 1. The molecule has 1 amide bonds. The van der Waals surface area contributed by atoms with Crippen LogP contribution < -0.4 is 5.73 Å². The lowest BCUT2D eigenvalue weighted by Crippen LogP contribution is -2.34. The third-order valence-corrected chi connectivity index (χ3v) is 2.99. The van der Waals surface area contributed by atoms with E-state index in [0.717, 1.165) is 0 Å². The second-order valence-electron chi connectivity index (χ2n) is 4.26. The van der Waals surface area contributed by atoms with Crippen molar-refractivity contribution in [2.24, 2.45) is 17.6 Å². The highest BCUT2D eigenvalue weighted by Crippen LogP contribution is 2.16. The molecule has 0 saturated carbocycles. The molecule has 0 aromatic heterocycles. The van der Waals surface area contributed by atoms with E-state index in [1.165, 1.54) is 0 Å². The summed E-state index contributed by atoms with van der Waals surface area (Å²) in [5, 5.41) is 15.6. The normalized spacial score (nSPS) is 12.2. The van der Waals surface area contributed by atoms with E-state index in [9.17, 15) is 9.59 Å². The molecule has 0 rings (SSSR count). The van der Waals surface area contributed by atoms with Crippen LogP contribution in [0.4, 0.5) is 0 Å². The Labute approximate surface area is 108 Å². The summed E-state index contributed by atoms with van der Waals surface area (Å²) in [7, 11) is 0. The molecule has 5 nitrogen and oxygen atoms in total. The summed E-state index contributed by atoms with van der Waals surface area (Å²) in [4.78, 5) is 22.9. The van der Waals surface area contributed by atoms with Crippen molar-refractivity contribution in [2.75, 3.05) is 0 Å². The monoisotopic (exact) mass is 252 g/mol. The molecular formula is C13H22N3O2. The van der Waals surface area contributed by atoms with Crippen LogP contribution in [0.2, 0.25) is 0 Å². The van der Waals surface area contributed by atoms with Gasteiger partial charge >= 0.3 is 0 Å². The maximum absolute atomic E-state index is 12.1. The second-order valence-corrected chi connectivity index (χ2v) is 4.26. The summed E-state index contributed by atoms with van der Waals surface area (Å²) in [6.45, 7) is 5.48. The Morgan fingerprint density at radius 2 is 1.78 bits per heavy atom. The van der Waals surface area contributed by atoms with E-state index >= 15 is 0 Å². The van der Waals surface area contributed by atoms with Crippen LogP contribution in [0.15, 0.2) is 0 Å². The Morgan fingerprint density at radius 3 is 2.11 bits per heavy atom. The molecule has 0 saturated heterocycles. The first-order valence-corrected chi connectivity index (χ1v) is 6.16. The Balaban J connectivity index is 4.85. The van der Waals surface area contributed by atoms with Crippen molar-refractivity contribution in [1.82, 2.24) is 0 Å². The first-order valence-electron chi connectivity index (χ1n) is 6.16. The zero-order valence-electron chi connectivity index (χ0n) is 11.2. The largest absolute Gasteiger partial charge is 0.369 e. The van der Waals surface area contributed by atoms with Crippen molar-refractivity contribution >= 4 is 23.1 Å². The Morgan fingerprint density at radius 1 is 1.22 bits per heavy atom. The van der Waals surface area contributed by atoms with Gasteiger partial charge in [0, 0.05) is 11.6 Å². The lowest BCUT2D eigenvalue weighted by atomic mass is 9.84. The average Bonchev–Trinajstić information content (AvgIpc) is 2.30. The molecule has 4 N–H and O–H groups in total. The quantitative estimate of drug-likeness (QED) is 0.543. The zero-order chi connectivity index (χ0) is 14.3. The summed E-state index contributed by atoms with van der Waals surface area (Å²) < 4.78 is 0. The molecule has 0 aromatic rings. The van der Waals surface area contributed by atoms with Crippen molar-refractivity contribution in [1.29, 1.82) is 10.8 Å². The maximum Gasteiger partial charge on any atom is 0.223 e. The molecule has 0 unspecified atom stereocenters. The molecule has 0 aliphatic carbocycles. The molecule has 0 fully saturated rings.